The average Bonchev–Trinajstić information content (AvgIpc) is 2.03. The number of hydrogen-bond donors (Lipinski definition) is 0. The van der Waals surface area contributed by atoms with Gasteiger partial charge in [0.1, 0.15) is 5.69 Å². The summed E-state index contributed by atoms with van der Waals surface area (Å²) < 4.78 is 22.1. The molecule has 0 unspecified atom stereocenters. The average molecular weight is 220 g/mol. The minimum absolute atomic E-state index is 0.0338. The van der Waals surface area contributed by atoms with Gasteiger partial charge in [-0.15, -0.1) is 4.91 Å². The molecule has 0 aliphatic carbocycles. The summed E-state index contributed by atoms with van der Waals surface area (Å²) >= 11 is 5.56. The third-order valence-electron chi connectivity index (χ3n) is 1.44. The van der Waals surface area contributed by atoms with E-state index in [0.717, 1.165) is 12.3 Å². The third-order valence-corrected chi connectivity index (χ3v) is 2.87. The molecule has 0 radical (unpaired) electrons. The minimum Gasteiger partial charge on any atom is -0.224 e. The Morgan fingerprint density at radius 2 is 2.00 bits per heavy atom. The zero-order valence-electron chi connectivity index (χ0n) is 6.69. The zero-order chi connectivity index (χ0) is 10.1. The van der Waals surface area contributed by atoms with Gasteiger partial charge in [-0.25, -0.2) is 8.42 Å². The lowest BCUT2D eigenvalue weighted by Crippen LogP contribution is -1.95. The van der Waals surface area contributed by atoms with E-state index in [4.69, 9.17) is 11.6 Å². The Kier molecular flexibility index (Phi) is 2.68. The van der Waals surface area contributed by atoms with Gasteiger partial charge in [-0.1, -0.05) is 11.6 Å². The lowest BCUT2D eigenvalue weighted by Gasteiger charge is -1.99. The quantitative estimate of drug-likeness (QED) is 0.716. The van der Waals surface area contributed by atoms with Crippen molar-refractivity contribution in [2.75, 3.05) is 6.26 Å². The molecule has 0 saturated carbocycles. The van der Waals surface area contributed by atoms with Gasteiger partial charge >= 0.3 is 0 Å². The molecule has 70 valence electrons. The fourth-order valence-electron chi connectivity index (χ4n) is 0.793. The molecule has 0 aliphatic rings. The molecule has 6 heteroatoms. The lowest BCUT2D eigenvalue weighted by molar-refractivity contribution is 0.602. The minimum atomic E-state index is -3.31. The Hall–Kier alpha value is -0.940. The number of sulfone groups is 1. The van der Waals surface area contributed by atoms with Crippen molar-refractivity contribution in [1.82, 2.24) is 0 Å². The Labute approximate surface area is 80.4 Å². The Balaban J connectivity index is 3.38. The SMILES string of the molecule is CS(=O)(=O)c1ccc(Cl)c(N=O)c1. The van der Waals surface area contributed by atoms with Crippen LogP contribution in [-0.4, -0.2) is 14.7 Å². The second kappa shape index (κ2) is 3.43. The topological polar surface area (TPSA) is 63.6 Å². The number of rotatable bonds is 2. The van der Waals surface area contributed by atoms with Crippen LogP contribution in [0.4, 0.5) is 5.69 Å². The van der Waals surface area contributed by atoms with Gasteiger partial charge < -0.3 is 0 Å². The molecule has 1 aromatic carbocycles. The van der Waals surface area contributed by atoms with Gasteiger partial charge in [0.25, 0.3) is 0 Å². The van der Waals surface area contributed by atoms with Crippen LogP contribution in [0, 0.1) is 4.91 Å². The fraction of sp³-hybridized carbons (Fsp3) is 0.143. The highest BCUT2D eigenvalue weighted by Gasteiger charge is 2.10. The van der Waals surface area contributed by atoms with Crippen LogP contribution < -0.4 is 0 Å². The molecule has 0 saturated heterocycles. The maximum Gasteiger partial charge on any atom is 0.175 e. The van der Waals surface area contributed by atoms with Crippen LogP contribution in [-0.2, 0) is 9.84 Å². The first kappa shape index (κ1) is 10.1. The van der Waals surface area contributed by atoms with Crippen LogP contribution in [0.1, 0.15) is 0 Å². The lowest BCUT2D eigenvalue weighted by atomic mass is 10.3. The summed E-state index contributed by atoms with van der Waals surface area (Å²) in [6, 6.07) is 3.80. The summed E-state index contributed by atoms with van der Waals surface area (Å²) in [5.41, 5.74) is -0.0652. The summed E-state index contributed by atoms with van der Waals surface area (Å²) in [4.78, 5) is 10.2. The standard InChI is InChI=1S/C7H6ClNO3S/c1-13(11,12)5-2-3-6(8)7(4-5)9-10/h2-4H,1H3. The maximum absolute atomic E-state index is 11.0. The number of hydrogen-bond acceptors (Lipinski definition) is 4. The van der Waals surface area contributed by atoms with Crippen molar-refractivity contribution in [3.63, 3.8) is 0 Å². The molecule has 0 aromatic heterocycles. The van der Waals surface area contributed by atoms with Crippen LogP contribution in [0.25, 0.3) is 0 Å². The zero-order valence-corrected chi connectivity index (χ0v) is 8.26. The summed E-state index contributed by atoms with van der Waals surface area (Å²) in [5, 5.41) is 2.74. The summed E-state index contributed by atoms with van der Waals surface area (Å²) in [7, 11) is -3.31. The number of nitroso groups, excluding NO2 is 1. The smallest absolute Gasteiger partial charge is 0.175 e. The Morgan fingerprint density at radius 1 is 1.38 bits per heavy atom. The first-order valence-electron chi connectivity index (χ1n) is 3.28. The molecular weight excluding hydrogens is 214 g/mol. The molecule has 4 nitrogen and oxygen atoms in total. The van der Waals surface area contributed by atoms with Crippen molar-refractivity contribution in [2.24, 2.45) is 5.18 Å². The van der Waals surface area contributed by atoms with Crippen molar-refractivity contribution < 1.29 is 8.42 Å². The third kappa shape index (κ3) is 2.26. The van der Waals surface area contributed by atoms with E-state index < -0.39 is 9.84 Å². The first-order valence-corrected chi connectivity index (χ1v) is 5.55. The summed E-state index contributed by atoms with van der Waals surface area (Å²) in [6.45, 7) is 0. The van der Waals surface area contributed by atoms with Gasteiger partial charge in [0.05, 0.1) is 9.92 Å². The van der Waals surface area contributed by atoms with E-state index in [1.165, 1.54) is 12.1 Å². The van der Waals surface area contributed by atoms with E-state index in [2.05, 4.69) is 5.18 Å². The van der Waals surface area contributed by atoms with Crippen LogP contribution in [0.2, 0.25) is 5.02 Å². The highest BCUT2D eigenvalue weighted by Crippen LogP contribution is 2.27. The first-order chi connectivity index (χ1) is 5.95. The monoisotopic (exact) mass is 219 g/mol. The normalized spacial score (nSPS) is 11.2. The van der Waals surface area contributed by atoms with Crippen molar-refractivity contribution in [3.05, 3.63) is 28.1 Å². The van der Waals surface area contributed by atoms with E-state index in [-0.39, 0.29) is 15.6 Å². The molecule has 1 rings (SSSR count). The Morgan fingerprint density at radius 3 is 2.46 bits per heavy atom. The van der Waals surface area contributed by atoms with Crippen LogP contribution in [0.15, 0.2) is 28.3 Å². The van der Waals surface area contributed by atoms with Crippen LogP contribution in [0.3, 0.4) is 0 Å². The molecule has 0 aliphatic heterocycles. The second-order valence-corrected chi connectivity index (χ2v) is 4.90. The molecule has 0 N–H and O–H groups in total. The van der Waals surface area contributed by atoms with Crippen LogP contribution in [0.5, 0.6) is 0 Å². The molecule has 0 spiro atoms. The molecule has 0 amide bonds. The van der Waals surface area contributed by atoms with E-state index in [0.29, 0.717) is 0 Å². The number of nitrogens with zero attached hydrogens (tertiary/aromatic N) is 1. The van der Waals surface area contributed by atoms with Gasteiger partial charge in [-0.3, -0.25) is 0 Å². The van der Waals surface area contributed by atoms with E-state index >= 15 is 0 Å². The highest BCUT2D eigenvalue weighted by atomic mass is 35.5. The van der Waals surface area contributed by atoms with Crippen molar-refractivity contribution in [2.45, 2.75) is 4.90 Å². The van der Waals surface area contributed by atoms with E-state index in [9.17, 15) is 13.3 Å². The fourth-order valence-corrected chi connectivity index (χ4v) is 1.59. The summed E-state index contributed by atoms with van der Waals surface area (Å²) in [5.74, 6) is 0. The van der Waals surface area contributed by atoms with Crippen LogP contribution >= 0.6 is 11.6 Å². The Bertz CT molecular complexity index is 441. The maximum atomic E-state index is 11.0. The van der Waals surface area contributed by atoms with Gasteiger partial charge in [0.15, 0.2) is 9.84 Å². The van der Waals surface area contributed by atoms with Gasteiger partial charge in [0.2, 0.25) is 0 Å². The van der Waals surface area contributed by atoms with Gasteiger partial charge in [-0.2, -0.15) is 0 Å². The molecular formula is C7H6ClNO3S. The number of halogens is 1. The van der Waals surface area contributed by atoms with E-state index in [1.807, 2.05) is 0 Å². The van der Waals surface area contributed by atoms with Crippen molar-refractivity contribution >= 4 is 27.1 Å². The number of benzene rings is 1. The molecule has 0 bridgehead atoms. The van der Waals surface area contributed by atoms with Crippen molar-refractivity contribution in [3.8, 4) is 0 Å². The summed E-state index contributed by atoms with van der Waals surface area (Å²) in [6.07, 6.45) is 1.05. The van der Waals surface area contributed by atoms with E-state index in [1.54, 1.807) is 0 Å². The molecule has 0 atom stereocenters. The molecule has 0 fully saturated rings. The van der Waals surface area contributed by atoms with Gasteiger partial charge in [-0.05, 0) is 23.4 Å². The molecule has 13 heavy (non-hydrogen) atoms. The predicted molar refractivity (Wildman–Crippen MR) is 50.0 cm³/mol. The molecule has 0 heterocycles. The predicted octanol–water partition coefficient (Wildman–Crippen LogP) is 2.14. The second-order valence-electron chi connectivity index (χ2n) is 2.48. The highest BCUT2D eigenvalue weighted by molar-refractivity contribution is 7.90. The largest absolute Gasteiger partial charge is 0.224 e. The van der Waals surface area contributed by atoms with Crippen molar-refractivity contribution in [1.29, 1.82) is 0 Å². The molecule has 1 aromatic rings. The van der Waals surface area contributed by atoms with Gasteiger partial charge in [0, 0.05) is 6.26 Å².